The first-order chi connectivity index (χ1) is 14.6. The number of likely N-dealkylation sites (N-methyl/N-ethyl adjacent to an activating group) is 1. The third kappa shape index (κ3) is 3.40. The number of hydrogen-bond acceptors (Lipinski definition) is 7. The minimum absolute atomic E-state index is 0.0527. The number of nitrogens with zero attached hydrogens (tertiary/aromatic N) is 5. The van der Waals surface area contributed by atoms with Gasteiger partial charge in [-0.1, -0.05) is 0 Å². The maximum atomic E-state index is 12.1. The number of rotatable bonds is 5. The Kier molecular flexibility index (Phi) is 4.46. The standard InChI is InChI=1S/C20H22N8O2/c1-27-17(29)11-28(20(27)30)14-6-7-16(22-10-14)23-12-4-5-13(9-12)24-19-25-15-3-2-8-21-18(15)26-19/h2-3,6-8,10,12-13H,4-5,9,11H2,1H3,(H,22,23)(H2,21,24,25,26)/t12-,13-/m0/s1. The van der Waals surface area contributed by atoms with Crippen molar-refractivity contribution in [2.24, 2.45) is 0 Å². The van der Waals surface area contributed by atoms with Crippen molar-refractivity contribution in [1.82, 2.24) is 24.8 Å². The fraction of sp³-hybridized carbons (Fsp3) is 0.350. The first-order valence-corrected chi connectivity index (χ1v) is 9.95. The second kappa shape index (κ2) is 7.29. The molecule has 30 heavy (non-hydrogen) atoms. The van der Waals surface area contributed by atoms with E-state index in [1.165, 1.54) is 11.9 Å². The summed E-state index contributed by atoms with van der Waals surface area (Å²) in [5, 5.41) is 6.91. The summed E-state index contributed by atoms with van der Waals surface area (Å²) in [5.74, 6) is 1.28. The predicted molar refractivity (Wildman–Crippen MR) is 112 cm³/mol. The van der Waals surface area contributed by atoms with Gasteiger partial charge in [0.25, 0.3) is 0 Å². The molecule has 3 aromatic heterocycles. The fourth-order valence-electron chi connectivity index (χ4n) is 3.99. The number of hydrogen-bond donors (Lipinski definition) is 3. The molecule has 0 aromatic carbocycles. The van der Waals surface area contributed by atoms with Gasteiger partial charge in [-0.3, -0.25) is 14.6 Å². The molecule has 2 aliphatic rings. The summed E-state index contributed by atoms with van der Waals surface area (Å²) in [6, 6.07) is 7.74. The Morgan fingerprint density at radius 1 is 1.10 bits per heavy atom. The summed E-state index contributed by atoms with van der Waals surface area (Å²) in [7, 11) is 1.49. The lowest BCUT2D eigenvalue weighted by atomic mass is 10.2. The van der Waals surface area contributed by atoms with Crippen molar-refractivity contribution >= 4 is 40.6 Å². The lowest BCUT2D eigenvalue weighted by molar-refractivity contribution is -0.123. The number of fused-ring (bicyclic) bond motifs is 1. The molecular formula is C20H22N8O2. The van der Waals surface area contributed by atoms with Crippen LogP contribution in [0, 0.1) is 0 Å². The number of aromatic nitrogens is 4. The van der Waals surface area contributed by atoms with E-state index in [-0.39, 0.29) is 18.5 Å². The molecule has 1 aliphatic heterocycles. The van der Waals surface area contributed by atoms with Crippen LogP contribution < -0.4 is 15.5 Å². The largest absolute Gasteiger partial charge is 0.367 e. The van der Waals surface area contributed by atoms with Crippen molar-refractivity contribution in [1.29, 1.82) is 0 Å². The van der Waals surface area contributed by atoms with Crippen LogP contribution in [0.4, 0.5) is 22.2 Å². The first kappa shape index (κ1) is 18.3. The van der Waals surface area contributed by atoms with E-state index in [4.69, 9.17) is 0 Å². The van der Waals surface area contributed by atoms with Gasteiger partial charge in [-0.05, 0) is 43.5 Å². The van der Waals surface area contributed by atoms with E-state index in [1.54, 1.807) is 12.4 Å². The quantitative estimate of drug-likeness (QED) is 0.556. The van der Waals surface area contributed by atoms with E-state index in [9.17, 15) is 9.59 Å². The normalized spacial score (nSPS) is 21.6. The van der Waals surface area contributed by atoms with Gasteiger partial charge in [0.05, 0.1) is 11.9 Å². The number of anilines is 3. The van der Waals surface area contributed by atoms with E-state index >= 15 is 0 Å². The highest BCUT2D eigenvalue weighted by Crippen LogP contribution is 2.26. The number of aromatic amines is 1. The molecule has 2 atom stereocenters. The molecule has 0 bridgehead atoms. The number of amides is 3. The van der Waals surface area contributed by atoms with Gasteiger partial charge in [0.2, 0.25) is 11.9 Å². The highest BCUT2D eigenvalue weighted by Gasteiger charge is 2.34. The molecule has 0 spiro atoms. The highest BCUT2D eigenvalue weighted by molar-refractivity contribution is 6.11. The number of carbonyl (C=O) groups excluding carboxylic acids is 2. The third-order valence-corrected chi connectivity index (χ3v) is 5.63. The number of nitrogens with one attached hydrogen (secondary N) is 3. The summed E-state index contributed by atoms with van der Waals surface area (Å²) in [4.78, 5) is 42.8. The predicted octanol–water partition coefficient (Wildman–Crippen LogP) is 2.20. The van der Waals surface area contributed by atoms with Crippen LogP contribution in [0.2, 0.25) is 0 Å². The van der Waals surface area contributed by atoms with Gasteiger partial charge in [-0.15, -0.1) is 0 Å². The highest BCUT2D eigenvalue weighted by atomic mass is 16.2. The number of urea groups is 1. The number of imide groups is 1. The summed E-state index contributed by atoms with van der Waals surface area (Å²) in [5.41, 5.74) is 2.25. The second-order valence-corrected chi connectivity index (χ2v) is 7.68. The van der Waals surface area contributed by atoms with E-state index in [1.807, 2.05) is 24.3 Å². The van der Waals surface area contributed by atoms with Crippen LogP contribution in [0.25, 0.3) is 11.2 Å². The molecule has 3 N–H and O–H groups in total. The third-order valence-electron chi connectivity index (χ3n) is 5.63. The number of H-pyrrole nitrogens is 1. The Balaban J connectivity index is 1.18. The van der Waals surface area contributed by atoms with Crippen LogP contribution in [0.3, 0.4) is 0 Å². The van der Waals surface area contributed by atoms with E-state index in [0.29, 0.717) is 17.8 Å². The Hall–Kier alpha value is -3.69. The minimum Gasteiger partial charge on any atom is -0.367 e. The molecule has 10 heteroatoms. The second-order valence-electron chi connectivity index (χ2n) is 7.68. The maximum Gasteiger partial charge on any atom is 0.331 e. The average Bonchev–Trinajstić information content (AvgIpc) is 3.43. The van der Waals surface area contributed by atoms with E-state index < -0.39 is 0 Å². The summed E-state index contributed by atoms with van der Waals surface area (Å²) in [6.07, 6.45) is 6.35. The number of carbonyl (C=O) groups is 2. The van der Waals surface area contributed by atoms with Crippen molar-refractivity contribution < 1.29 is 9.59 Å². The number of pyridine rings is 2. The minimum atomic E-state index is -0.326. The van der Waals surface area contributed by atoms with Crippen molar-refractivity contribution in [2.45, 2.75) is 31.3 Å². The molecule has 1 saturated heterocycles. The molecule has 0 radical (unpaired) electrons. The summed E-state index contributed by atoms with van der Waals surface area (Å²) >= 11 is 0. The van der Waals surface area contributed by atoms with Crippen LogP contribution in [0.1, 0.15) is 19.3 Å². The molecule has 10 nitrogen and oxygen atoms in total. The number of imidazole rings is 1. The van der Waals surface area contributed by atoms with Gasteiger partial charge in [0, 0.05) is 25.3 Å². The van der Waals surface area contributed by atoms with Crippen LogP contribution >= 0.6 is 0 Å². The van der Waals surface area contributed by atoms with Gasteiger partial charge in [-0.25, -0.2) is 19.7 Å². The molecule has 154 valence electrons. The Labute approximate surface area is 172 Å². The van der Waals surface area contributed by atoms with Crippen LogP contribution in [0.5, 0.6) is 0 Å². The molecule has 2 fully saturated rings. The molecule has 5 rings (SSSR count). The van der Waals surface area contributed by atoms with E-state index in [0.717, 1.165) is 47.1 Å². The fourth-order valence-corrected chi connectivity index (χ4v) is 3.99. The topological polar surface area (TPSA) is 119 Å². The Bertz CT molecular complexity index is 1060. The van der Waals surface area contributed by atoms with Crippen LogP contribution in [-0.4, -0.2) is 62.5 Å². The van der Waals surface area contributed by atoms with Crippen molar-refractivity contribution in [3.05, 3.63) is 36.7 Å². The summed E-state index contributed by atoms with van der Waals surface area (Å²) in [6.45, 7) is 0.0527. The van der Waals surface area contributed by atoms with Gasteiger partial charge in [-0.2, -0.15) is 0 Å². The van der Waals surface area contributed by atoms with Crippen molar-refractivity contribution in [3.63, 3.8) is 0 Å². The monoisotopic (exact) mass is 406 g/mol. The van der Waals surface area contributed by atoms with Crippen LogP contribution in [-0.2, 0) is 4.79 Å². The van der Waals surface area contributed by atoms with Gasteiger partial charge >= 0.3 is 6.03 Å². The molecule has 0 unspecified atom stereocenters. The Morgan fingerprint density at radius 3 is 2.63 bits per heavy atom. The first-order valence-electron chi connectivity index (χ1n) is 9.95. The van der Waals surface area contributed by atoms with Gasteiger partial charge < -0.3 is 15.6 Å². The summed E-state index contributed by atoms with van der Waals surface area (Å²) < 4.78 is 0. The smallest absolute Gasteiger partial charge is 0.331 e. The Morgan fingerprint density at radius 2 is 1.93 bits per heavy atom. The zero-order valence-corrected chi connectivity index (χ0v) is 16.5. The lowest BCUT2D eigenvalue weighted by Crippen LogP contribution is -2.29. The molecule has 3 amide bonds. The van der Waals surface area contributed by atoms with Crippen molar-refractivity contribution in [2.75, 3.05) is 29.1 Å². The SMILES string of the molecule is CN1C(=O)CN(c2ccc(N[C@H]3CC[C@H](Nc4nc5cccnc5[nH]4)C3)nc2)C1=O. The van der Waals surface area contributed by atoms with Gasteiger partial charge in [0.15, 0.2) is 5.65 Å². The molecular weight excluding hydrogens is 384 g/mol. The van der Waals surface area contributed by atoms with E-state index in [2.05, 4.69) is 30.6 Å². The molecule has 3 aromatic rings. The zero-order chi connectivity index (χ0) is 20.7. The maximum absolute atomic E-state index is 12.1. The molecule has 1 saturated carbocycles. The van der Waals surface area contributed by atoms with Crippen molar-refractivity contribution in [3.8, 4) is 0 Å². The zero-order valence-electron chi connectivity index (χ0n) is 16.5. The average molecular weight is 406 g/mol. The van der Waals surface area contributed by atoms with Crippen LogP contribution in [0.15, 0.2) is 36.7 Å². The lowest BCUT2D eigenvalue weighted by Gasteiger charge is -2.17. The van der Waals surface area contributed by atoms with Gasteiger partial charge in [0.1, 0.15) is 17.9 Å². The molecule has 1 aliphatic carbocycles. The molecule has 4 heterocycles.